The molecule has 1 atom stereocenters. The summed E-state index contributed by atoms with van der Waals surface area (Å²) in [4.78, 5) is 16.8. The fourth-order valence-corrected chi connectivity index (χ4v) is 3.63. The van der Waals surface area contributed by atoms with E-state index in [2.05, 4.69) is 15.6 Å². The van der Waals surface area contributed by atoms with Gasteiger partial charge >= 0.3 is 0 Å². The van der Waals surface area contributed by atoms with Gasteiger partial charge in [-0.2, -0.15) is 0 Å². The van der Waals surface area contributed by atoms with Gasteiger partial charge in [0.1, 0.15) is 17.6 Å². The number of methoxy groups -OCH3 is 1. The van der Waals surface area contributed by atoms with Crippen LogP contribution >= 0.6 is 0 Å². The molecule has 4 rings (SSSR count). The van der Waals surface area contributed by atoms with E-state index in [0.717, 1.165) is 16.9 Å². The molecule has 0 spiro atoms. The Hall–Kier alpha value is -3.81. The van der Waals surface area contributed by atoms with E-state index in [0.29, 0.717) is 35.5 Å². The number of halogens is 1. The van der Waals surface area contributed by atoms with Crippen molar-refractivity contribution in [3.8, 4) is 11.4 Å². The highest BCUT2D eigenvalue weighted by Crippen LogP contribution is 2.27. The number of hydrogen-bond acceptors (Lipinski definition) is 5. The number of nitrogens with zero attached hydrogens (tertiary/aromatic N) is 2. The van der Waals surface area contributed by atoms with Crippen LogP contribution in [0.3, 0.4) is 0 Å². The number of hydrogen-bond donors (Lipinski definition) is 3. The summed E-state index contributed by atoms with van der Waals surface area (Å²) < 4.78 is 21.4. The van der Waals surface area contributed by atoms with E-state index < -0.39 is 6.04 Å². The number of imidazole rings is 1. The smallest absolute Gasteiger partial charge is 0.246 e. The van der Waals surface area contributed by atoms with Gasteiger partial charge in [0.05, 0.1) is 30.5 Å². The molecule has 8 heteroatoms. The van der Waals surface area contributed by atoms with Crippen molar-refractivity contribution in [2.45, 2.75) is 25.8 Å². The van der Waals surface area contributed by atoms with Gasteiger partial charge in [-0.15, -0.1) is 0 Å². The maximum Gasteiger partial charge on any atom is 0.246 e. The monoisotopic (exact) mass is 421 g/mol. The van der Waals surface area contributed by atoms with E-state index >= 15 is 0 Å². The fourth-order valence-electron chi connectivity index (χ4n) is 3.63. The zero-order valence-corrected chi connectivity index (χ0v) is 17.4. The number of ether oxygens (including phenoxy) is 1. The number of carbonyl (C=O) groups excluding carboxylic acids is 1. The van der Waals surface area contributed by atoms with Crippen molar-refractivity contribution in [2.24, 2.45) is 5.73 Å². The SMILES string of the molecule is COc1cc(/C(N)=C/NC2CCc3c(F)cccc3NC2=O)ccc1-n1cnc(C)c1. The predicted octanol–water partition coefficient (Wildman–Crippen LogP) is 3.13. The quantitative estimate of drug-likeness (QED) is 0.589. The topological polar surface area (TPSA) is 94.2 Å². The lowest BCUT2D eigenvalue weighted by Crippen LogP contribution is -2.37. The highest BCUT2D eigenvalue weighted by atomic mass is 19.1. The first-order chi connectivity index (χ1) is 15.0. The first kappa shape index (κ1) is 20.5. The van der Waals surface area contributed by atoms with E-state index in [4.69, 9.17) is 10.5 Å². The van der Waals surface area contributed by atoms with Gasteiger partial charge < -0.3 is 25.7 Å². The number of aromatic nitrogens is 2. The number of carbonyl (C=O) groups is 1. The normalized spacial score (nSPS) is 16.3. The summed E-state index contributed by atoms with van der Waals surface area (Å²) in [7, 11) is 1.59. The number of aryl methyl sites for hydroxylation is 1. The number of fused-ring (bicyclic) bond motifs is 1. The molecule has 0 saturated carbocycles. The molecule has 0 radical (unpaired) electrons. The van der Waals surface area contributed by atoms with Gasteiger partial charge in [-0.1, -0.05) is 12.1 Å². The Labute approximate surface area is 179 Å². The van der Waals surface area contributed by atoms with Gasteiger partial charge in [-0.25, -0.2) is 9.37 Å². The molecule has 1 aliphatic heterocycles. The maximum atomic E-state index is 14.0. The lowest BCUT2D eigenvalue weighted by molar-refractivity contribution is -0.117. The molecule has 0 fully saturated rings. The molecular formula is C23H24FN5O2. The summed E-state index contributed by atoms with van der Waals surface area (Å²) in [5, 5.41) is 5.86. The van der Waals surface area contributed by atoms with Crippen LogP contribution in [0.15, 0.2) is 55.1 Å². The van der Waals surface area contributed by atoms with Crippen LogP contribution in [0.2, 0.25) is 0 Å². The zero-order chi connectivity index (χ0) is 22.0. The second kappa shape index (κ2) is 8.51. The summed E-state index contributed by atoms with van der Waals surface area (Å²) in [5.41, 5.74) is 10.2. The van der Waals surface area contributed by atoms with Crippen molar-refractivity contribution < 1.29 is 13.9 Å². The van der Waals surface area contributed by atoms with Crippen LogP contribution in [0.25, 0.3) is 11.4 Å². The lowest BCUT2D eigenvalue weighted by atomic mass is 10.1. The first-order valence-corrected chi connectivity index (χ1v) is 9.95. The van der Waals surface area contributed by atoms with Crippen molar-refractivity contribution in [2.75, 3.05) is 12.4 Å². The summed E-state index contributed by atoms with van der Waals surface area (Å²) >= 11 is 0. The van der Waals surface area contributed by atoms with Gasteiger partial charge in [-0.3, -0.25) is 4.79 Å². The van der Waals surface area contributed by atoms with Gasteiger partial charge in [-0.05, 0) is 44.0 Å². The molecule has 1 amide bonds. The molecule has 3 aromatic rings. The average Bonchev–Trinajstić information content (AvgIpc) is 3.12. The Morgan fingerprint density at radius 2 is 2.23 bits per heavy atom. The standard InChI is InChI=1S/C23H24FN5O2/c1-14-12-29(13-27-14)21-9-6-15(10-22(21)31-2)18(25)11-26-20-8-7-16-17(24)4-3-5-19(16)28-23(20)30/h3-6,9-13,20,26H,7-8,25H2,1-2H3,(H,28,30)/b18-11-. The van der Waals surface area contributed by atoms with Gasteiger partial charge in [0.2, 0.25) is 5.91 Å². The molecule has 1 unspecified atom stereocenters. The maximum absolute atomic E-state index is 14.0. The summed E-state index contributed by atoms with van der Waals surface area (Å²) in [6, 6.07) is 9.77. The van der Waals surface area contributed by atoms with Crippen molar-refractivity contribution in [3.63, 3.8) is 0 Å². The Morgan fingerprint density at radius 3 is 2.97 bits per heavy atom. The van der Waals surface area contributed by atoms with Crippen LogP contribution in [-0.2, 0) is 11.2 Å². The summed E-state index contributed by atoms with van der Waals surface area (Å²) in [6.45, 7) is 1.92. The minimum absolute atomic E-state index is 0.225. The van der Waals surface area contributed by atoms with E-state index in [-0.39, 0.29) is 11.7 Å². The van der Waals surface area contributed by atoms with Crippen LogP contribution in [0.1, 0.15) is 23.2 Å². The van der Waals surface area contributed by atoms with Crippen LogP contribution in [-0.4, -0.2) is 28.6 Å². The first-order valence-electron chi connectivity index (χ1n) is 9.95. The van der Waals surface area contributed by atoms with Crippen LogP contribution in [0, 0.1) is 12.7 Å². The number of benzene rings is 2. The molecule has 0 bridgehead atoms. The summed E-state index contributed by atoms with van der Waals surface area (Å²) in [5.74, 6) is 0.106. The van der Waals surface area contributed by atoms with Crippen molar-refractivity contribution in [3.05, 3.63) is 77.8 Å². The Balaban J connectivity index is 1.51. The molecule has 1 aliphatic rings. The molecular weight excluding hydrogens is 397 g/mol. The molecule has 1 aromatic heterocycles. The molecule has 2 heterocycles. The highest BCUT2D eigenvalue weighted by molar-refractivity contribution is 5.96. The molecule has 160 valence electrons. The molecule has 4 N–H and O–H groups in total. The van der Waals surface area contributed by atoms with Gasteiger partial charge in [0.15, 0.2) is 0 Å². The molecule has 2 aromatic carbocycles. The number of rotatable bonds is 5. The Kier molecular flexibility index (Phi) is 5.62. The minimum Gasteiger partial charge on any atom is -0.495 e. The van der Waals surface area contributed by atoms with Crippen molar-refractivity contribution in [1.29, 1.82) is 0 Å². The molecule has 0 saturated heterocycles. The third-order valence-electron chi connectivity index (χ3n) is 5.32. The van der Waals surface area contributed by atoms with Gasteiger partial charge in [0, 0.05) is 29.2 Å². The van der Waals surface area contributed by atoms with Crippen molar-refractivity contribution >= 4 is 17.3 Å². The number of nitrogens with two attached hydrogens (primary N) is 1. The van der Waals surface area contributed by atoms with E-state index in [1.165, 1.54) is 6.07 Å². The average molecular weight is 421 g/mol. The third kappa shape index (κ3) is 4.23. The van der Waals surface area contributed by atoms with Gasteiger partial charge in [0.25, 0.3) is 0 Å². The largest absolute Gasteiger partial charge is 0.495 e. The Bertz CT molecular complexity index is 1150. The second-order valence-corrected chi connectivity index (χ2v) is 7.42. The van der Waals surface area contributed by atoms with Crippen molar-refractivity contribution in [1.82, 2.24) is 14.9 Å². The molecule has 31 heavy (non-hydrogen) atoms. The van der Waals surface area contributed by atoms with Crippen LogP contribution < -0.4 is 21.1 Å². The van der Waals surface area contributed by atoms with Crippen LogP contribution in [0.5, 0.6) is 5.75 Å². The number of amides is 1. The minimum atomic E-state index is -0.527. The highest BCUT2D eigenvalue weighted by Gasteiger charge is 2.24. The van der Waals surface area contributed by atoms with Crippen LogP contribution in [0.4, 0.5) is 10.1 Å². The van der Waals surface area contributed by atoms with E-state index in [9.17, 15) is 9.18 Å². The predicted molar refractivity (Wildman–Crippen MR) is 117 cm³/mol. The Morgan fingerprint density at radius 1 is 1.39 bits per heavy atom. The van der Waals surface area contributed by atoms with E-state index in [1.54, 1.807) is 31.8 Å². The fraction of sp³-hybridized carbons (Fsp3) is 0.217. The van der Waals surface area contributed by atoms with E-state index in [1.807, 2.05) is 35.9 Å². The number of nitrogens with one attached hydrogen (secondary N) is 2. The number of anilines is 1. The molecule has 0 aliphatic carbocycles. The zero-order valence-electron chi connectivity index (χ0n) is 17.4. The second-order valence-electron chi connectivity index (χ2n) is 7.42. The third-order valence-corrected chi connectivity index (χ3v) is 5.32. The summed E-state index contributed by atoms with van der Waals surface area (Å²) in [6.07, 6.45) is 6.13. The lowest BCUT2D eigenvalue weighted by Gasteiger charge is -2.15. The molecule has 7 nitrogen and oxygen atoms in total.